The number of β-amino-alcohol motifs (C(OH)–C–C–N with tert-alkyl or cyclic N) is 1. The maximum Gasteiger partial charge on any atom is 0.227 e. The number of rotatable bonds is 4. The number of halogens is 1. The van der Waals surface area contributed by atoms with E-state index in [2.05, 4.69) is 10.1 Å². The van der Waals surface area contributed by atoms with Gasteiger partial charge < -0.3 is 14.5 Å². The smallest absolute Gasteiger partial charge is 0.227 e. The lowest BCUT2D eigenvalue weighted by atomic mass is 9.96. The van der Waals surface area contributed by atoms with Crippen molar-refractivity contribution in [2.24, 2.45) is 5.92 Å². The van der Waals surface area contributed by atoms with Crippen molar-refractivity contribution in [3.8, 4) is 11.4 Å². The average Bonchev–Trinajstić information content (AvgIpc) is 3.06. The fraction of sp³-hybridized carbons (Fsp3) is 0.500. The molecule has 2 heterocycles. The molecule has 1 N–H and O–H groups in total. The van der Waals surface area contributed by atoms with Crippen LogP contribution in [-0.4, -0.2) is 45.2 Å². The first-order valence-electron chi connectivity index (χ1n) is 8.49. The Morgan fingerprint density at radius 2 is 2.28 bits per heavy atom. The number of amides is 1. The van der Waals surface area contributed by atoms with E-state index < -0.39 is 6.10 Å². The maximum atomic E-state index is 13.3. The van der Waals surface area contributed by atoms with E-state index in [1.807, 2.05) is 6.92 Å². The second kappa shape index (κ2) is 7.31. The van der Waals surface area contributed by atoms with Crippen molar-refractivity contribution >= 4 is 5.91 Å². The summed E-state index contributed by atoms with van der Waals surface area (Å²) in [6.45, 7) is 4.71. The first-order chi connectivity index (χ1) is 11.9. The Kier molecular flexibility index (Phi) is 5.13. The molecule has 0 saturated carbocycles. The van der Waals surface area contributed by atoms with Crippen LogP contribution in [0.3, 0.4) is 0 Å². The third-order valence-electron chi connectivity index (χ3n) is 4.71. The normalized spacial score (nSPS) is 20.7. The molecule has 1 amide bonds. The van der Waals surface area contributed by atoms with Gasteiger partial charge in [-0.1, -0.05) is 12.1 Å². The Labute approximate surface area is 145 Å². The summed E-state index contributed by atoms with van der Waals surface area (Å²) in [4.78, 5) is 18.2. The summed E-state index contributed by atoms with van der Waals surface area (Å²) in [6.07, 6.45) is 0.940. The summed E-state index contributed by atoms with van der Waals surface area (Å²) in [5.41, 5.74) is 1.19. The summed E-state index contributed by atoms with van der Waals surface area (Å²) < 4.78 is 18.5. The molecule has 134 valence electrons. The van der Waals surface area contributed by atoms with E-state index in [4.69, 9.17) is 4.52 Å². The Bertz CT molecular complexity index is 762. The van der Waals surface area contributed by atoms with Crippen molar-refractivity contribution in [1.29, 1.82) is 0 Å². The highest BCUT2D eigenvalue weighted by Crippen LogP contribution is 2.20. The van der Waals surface area contributed by atoms with Crippen LogP contribution in [0.5, 0.6) is 0 Å². The van der Waals surface area contributed by atoms with E-state index in [1.54, 1.807) is 24.0 Å². The van der Waals surface area contributed by atoms with Crippen molar-refractivity contribution in [1.82, 2.24) is 15.0 Å². The summed E-state index contributed by atoms with van der Waals surface area (Å²) in [5.74, 6) is 0.671. The zero-order valence-electron chi connectivity index (χ0n) is 14.4. The molecule has 3 rings (SSSR count). The number of carbonyl (C=O) groups is 1. The van der Waals surface area contributed by atoms with E-state index in [0.717, 1.165) is 6.42 Å². The molecule has 0 spiro atoms. The monoisotopic (exact) mass is 347 g/mol. The molecule has 1 saturated heterocycles. The number of carbonyl (C=O) groups excluding carboxylic acids is 1. The lowest BCUT2D eigenvalue weighted by Gasteiger charge is -2.34. The molecule has 2 aromatic rings. The SMILES string of the molecule is Cc1cc(-c2noc(CCC(=O)N3CCC(C)C(O)C3)n2)ccc1F. The fourth-order valence-electron chi connectivity index (χ4n) is 2.90. The van der Waals surface area contributed by atoms with E-state index in [0.29, 0.717) is 42.4 Å². The predicted molar refractivity (Wildman–Crippen MR) is 89.1 cm³/mol. The third-order valence-corrected chi connectivity index (χ3v) is 4.71. The van der Waals surface area contributed by atoms with Gasteiger partial charge in [0.2, 0.25) is 17.6 Å². The van der Waals surface area contributed by atoms with Gasteiger partial charge in [0.05, 0.1) is 6.10 Å². The highest BCUT2D eigenvalue weighted by atomic mass is 19.1. The highest BCUT2D eigenvalue weighted by Gasteiger charge is 2.27. The average molecular weight is 347 g/mol. The molecule has 1 fully saturated rings. The van der Waals surface area contributed by atoms with Gasteiger partial charge in [0.25, 0.3) is 0 Å². The minimum Gasteiger partial charge on any atom is -0.391 e. The summed E-state index contributed by atoms with van der Waals surface area (Å²) in [7, 11) is 0. The first-order valence-corrected chi connectivity index (χ1v) is 8.49. The number of hydrogen-bond acceptors (Lipinski definition) is 5. The molecule has 1 aromatic carbocycles. The van der Waals surface area contributed by atoms with Crippen LogP contribution in [0.2, 0.25) is 0 Å². The Morgan fingerprint density at radius 3 is 3.00 bits per heavy atom. The summed E-state index contributed by atoms with van der Waals surface area (Å²) in [6, 6.07) is 4.62. The highest BCUT2D eigenvalue weighted by molar-refractivity contribution is 5.76. The number of hydrogen-bond donors (Lipinski definition) is 1. The van der Waals surface area contributed by atoms with Crippen LogP contribution < -0.4 is 0 Å². The van der Waals surface area contributed by atoms with Gasteiger partial charge in [0.1, 0.15) is 5.82 Å². The molecule has 0 bridgehead atoms. The van der Waals surface area contributed by atoms with Gasteiger partial charge in [-0.3, -0.25) is 4.79 Å². The van der Waals surface area contributed by atoms with Gasteiger partial charge in [0.15, 0.2) is 0 Å². The van der Waals surface area contributed by atoms with E-state index in [-0.39, 0.29) is 24.1 Å². The maximum absolute atomic E-state index is 13.3. The Balaban J connectivity index is 1.58. The quantitative estimate of drug-likeness (QED) is 0.918. The van der Waals surface area contributed by atoms with Gasteiger partial charge in [-0.25, -0.2) is 4.39 Å². The molecule has 7 heteroatoms. The number of aromatic nitrogens is 2. The largest absolute Gasteiger partial charge is 0.391 e. The number of aliphatic hydroxyl groups excluding tert-OH is 1. The predicted octanol–water partition coefficient (Wildman–Crippen LogP) is 2.35. The Morgan fingerprint density at radius 1 is 1.48 bits per heavy atom. The number of piperidine rings is 1. The molecular formula is C18H22FN3O3. The molecule has 1 aliphatic rings. The zero-order chi connectivity index (χ0) is 18.0. The van der Waals surface area contributed by atoms with Crippen LogP contribution in [0, 0.1) is 18.7 Å². The van der Waals surface area contributed by atoms with Crippen molar-refractivity contribution in [3.05, 3.63) is 35.5 Å². The zero-order valence-corrected chi connectivity index (χ0v) is 14.4. The van der Waals surface area contributed by atoms with E-state index >= 15 is 0 Å². The van der Waals surface area contributed by atoms with Crippen LogP contribution in [0.25, 0.3) is 11.4 Å². The topological polar surface area (TPSA) is 79.5 Å². The molecule has 6 nitrogen and oxygen atoms in total. The fourth-order valence-corrected chi connectivity index (χ4v) is 2.90. The van der Waals surface area contributed by atoms with Crippen LogP contribution in [0.15, 0.2) is 22.7 Å². The van der Waals surface area contributed by atoms with Crippen LogP contribution >= 0.6 is 0 Å². The van der Waals surface area contributed by atoms with Crippen molar-refractivity contribution < 1.29 is 18.8 Å². The second-order valence-electron chi connectivity index (χ2n) is 6.65. The van der Waals surface area contributed by atoms with Gasteiger partial charge in [-0.2, -0.15) is 4.98 Å². The molecule has 25 heavy (non-hydrogen) atoms. The van der Waals surface area contributed by atoms with Crippen LogP contribution in [0.1, 0.15) is 31.2 Å². The third kappa shape index (κ3) is 4.04. The van der Waals surface area contributed by atoms with Crippen LogP contribution in [-0.2, 0) is 11.2 Å². The summed E-state index contributed by atoms with van der Waals surface area (Å²) >= 11 is 0. The van der Waals surface area contributed by atoms with Gasteiger partial charge in [0, 0.05) is 31.5 Å². The molecule has 0 aliphatic carbocycles. The minimum absolute atomic E-state index is 0.0247. The Hall–Kier alpha value is -2.28. The van der Waals surface area contributed by atoms with Crippen LogP contribution in [0.4, 0.5) is 4.39 Å². The van der Waals surface area contributed by atoms with E-state index in [1.165, 1.54) is 6.07 Å². The molecule has 1 aliphatic heterocycles. The lowest BCUT2D eigenvalue weighted by molar-refractivity contribution is -0.135. The number of aliphatic hydroxyl groups is 1. The molecule has 1 aromatic heterocycles. The molecule has 0 radical (unpaired) electrons. The number of nitrogens with zero attached hydrogens (tertiary/aromatic N) is 3. The van der Waals surface area contributed by atoms with Gasteiger partial charge in [-0.05, 0) is 43.0 Å². The van der Waals surface area contributed by atoms with Crippen molar-refractivity contribution in [2.75, 3.05) is 13.1 Å². The van der Waals surface area contributed by atoms with Gasteiger partial charge >= 0.3 is 0 Å². The van der Waals surface area contributed by atoms with Crippen molar-refractivity contribution in [2.45, 2.75) is 39.2 Å². The number of aryl methyl sites for hydroxylation is 2. The molecular weight excluding hydrogens is 325 g/mol. The first kappa shape index (κ1) is 17.5. The number of benzene rings is 1. The standard InChI is InChI=1S/C18H22FN3O3/c1-11-7-8-22(10-15(11)23)17(24)6-5-16-20-18(21-25-16)13-3-4-14(19)12(2)9-13/h3-4,9,11,15,23H,5-8,10H2,1-2H3. The van der Waals surface area contributed by atoms with Gasteiger partial charge in [-0.15, -0.1) is 0 Å². The second-order valence-corrected chi connectivity index (χ2v) is 6.65. The van der Waals surface area contributed by atoms with E-state index in [9.17, 15) is 14.3 Å². The molecule has 2 atom stereocenters. The summed E-state index contributed by atoms with van der Waals surface area (Å²) in [5, 5.41) is 13.8. The molecule has 2 unspecified atom stereocenters. The number of likely N-dealkylation sites (tertiary alicyclic amines) is 1. The van der Waals surface area contributed by atoms with Crippen molar-refractivity contribution in [3.63, 3.8) is 0 Å². The minimum atomic E-state index is -0.463. The lowest BCUT2D eigenvalue weighted by Crippen LogP contribution is -2.45.